The number of carbonyl (C=O) groups excluding carboxylic acids is 5. The molecule has 0 radical (unpaired) electrons. The standard InChI is InChI=1S/C29H15N5O9/c35-25(15-7-11-17(12-8-15)31-26(36)19-3-1-5-21(33(40)41)23(19)28(31)38)30-16-9-13-18(14-10-16)32-27(37)20-4-2-6-22(34(42)43)24(20)29(32)39/h1-14H,(H,30,35). The van der Waals surface area contributed by atoms with Gasteiger partial charge >= 0.3 is 0 Å². The number of amides is 5. The number of nitrogens with zero attached hydrogens (tertiary/aromatic N) is 4. The smallest absolute Gasteiger partial charge is 0.283 e. The van der Waals surface area contributed by atoms with Gasteiger partial charge in [0.25, 0.3) is 40.9 Å². The zero-order chi connectivity index (χ0) is 30.6. The highest BCUT2D eigenvalue weighted by Crippen LogP contribution is 2.35. The number of nitro groups is 2. The summed E-state index contributed by atoms with van der Waals surface area (Å²) in [7, 11) is 0. The van der Waals surface area contributed by atoms with E-state index in [9.17, 15) is 44.2 Å². The molecular weight excluding hydrogens is 562 g/mol. The minimum absolute atomic E-state index is 0.0838. The van der Waals surface area contributed by atoms with Gasteiger partial charge in [0.05, 0.1) is 32.3 Å². The molecule has 2 aliphatic heterocycles. The van der Waals surface area contributed by atoms with Gasteiger partial charge in [-0.3, -0.25) is 44.2 Å². The first-order valence-electron chi connectivity index (χ1n) is 12.4. The van der Waals surface area contributed by atoms with E-state index in [1.54, 1.807) is 0 Å². The molecule has 0 spiro atoms. The normalized spacial score (nSPS) is 13.7. The molecule has 210 valence electrons. The Morgan fingerprint density at radius 2 is 1.00 bits per heavy atom. The van der Waals surface area contributed by atoms with Crippen LogP contribution in [0.25, 0.3) is 0 Å². The first-order chi connectivity index (χ1) is 20.6. The second-order valence-corrected chi connectivity index (χ2v) is 9.35. The summed E-state index contributed by atoms with van der Waals surface area (Å²) in [6, 6.07) is 18.7. The maximum Gasteiger partial charge on any atom is 0.283 e. The minimum Gasteiger partial charge on any atom is -0.322 e. The fourth-order valence-corrected chi connectivity index (χ4v) is 4.97. The van der Waals surface area contributed by atoms with E-state index in [1.165, 1.54) is 72.8 Å². The van der Waals surface area contributed by atoms with Gasteiger partial charge in [0.2, 0.25) is 0 Å². The van der Waals surface area contributed by atoms with Gasteiger partial charge in [-0.15, -0.1) is 0 Å². The van der Waals surface area contributed by atoms with Crippen LogP contribution in [-0.2, 0) is 0 Å². The molecule has 0 fully saturated rings. The third-order valence-corrected chi connectivity index (χ3v) is 6.95. The first-order valence-corrected chi connectivity index (χ1v) is 12.4. The SMILES string of the molecule is O=C(Nc1ccc(N2C(=O)c3cccc([N+](=O)[O-])c3C2=O)cc1)c1ccc(N2C(=O)c3cccc([N+](=O)[O-])c3C2=O)cc1. The van der Waals surface area contributed by atoms with Gasteiger partial charge < -0.3 is 5.32 Å². The molecule has 5 amide bonds. The lowest BCUT2D eigenvalue weighted by Gasteiger charge is -2.15. The van der Waals surface area contributed by atoms with Crippen molar-refractivity contribution >= 4 is 58.0 Å². The lowest BCUT2D eigenvalue weighted by atomic mass is 10.1. The molecule has 0 atom stereocenters. The zero-order valence-corrected chi connectivity index (χ0v) is 21.5. The lowest BCUT2D eigenvalue weighted by Crippen LogP contribution is -2.29. The second-order valence-electron chi connectivity index (χ2n) is 9.35. The highest BCUT2D eigenvalue weighted by molar-refractivity contribution is 6.36. The van der Waals surface area contributed by atoms with E-state index < -0.39 is 50.8 Å². The van der Waals surface area contributed by atoms with Crippen molar-refractivity contribution in [1.82, 2.24) is 0 Å². The number of nitro benzene ring substituents is 2. The van der Waals surface area contributed by atoms with Crippen molar-refractivity contribution in [3.05, 3.63) is 133 Å². The molecule has 0 aliphatic carbocycles. The Hall–Kier alpha value is -6.57. The number of imide groups is 2. The average molecular weight is 577 g/mol. The van der Waals surface area contributed by atoms with Gasteiger partial charge in [-0.25, -0.2) is 9.80 Å². The topological polar surface area (TPSA) is 190 Å². The summed E-state index contributed by atoms with van der Waals surface area (Å²) >= 11 is 0. The maximum atomic E-state index is 12.9. The lowest BCUT2D eigenvalue weighted by molar-refractivity contribution is -0.385. The Bertz CT molecular complexity index is 1950. The van der Waals surface area contributed by atoms with Crippen molar-refractivity contribution in [1.29, 1.82) is 0 Å². The van der Waals surface area contributed by atoms with Crippen LogP contribution in [0, 0.1) is 20.2 Å². The Labute approximate surface area is 240 Å². The molecule has 0 aromatic heterocycles. The Morgan fingerprint density at radius 1 is 0.581 bits per heavy atom. The molecule has 2 heterocycles. The van der Waals surface area contributed by atoms with Crippen LogP contribution in [0.3, 0.4) is 0 Å². The minimum atomic E-state index is -0.850. The van der Waals surface area contributed by atoms with E-state index in [2.05, 4.69) is 5.32 Å². The molecule has 4 aromatic rings. The fraction of sp³-hybridized carbons (Fsp3) is 0. The van der Waals surface area contributed by atoms with Gasteiger partial charge in [0, 0.05) is 23.4 Å². The second kappa shape index (κ2) is 9.81. The van der Waals surface area contributed by atoms with Crippen molar-refractivity contribution in [3.63, 3.8) is 0 Å². The van der Waals surface area contributed by atoms with E-state index >= 15 is 0 Å². The van der Waals surface area contributed by atoms with Gasteiger partial charge in [-0.1, -0.05) is 12.1 Å². The number of hydrogen-bond donors (Lipinski definition) is 1. The van der Waals surface area contributed by atoms with Crippen LogP contribution >= 0.6 is 0 Å². The van der Waals surface area contributed by atoms with Gasteiger partial charge in [-0.2, -0.15) is 0 Å². The van der Waals surface area contributed by atoms with Crippen LogP contribution in [0.5, 0.6) is 0 Å². The van der Waals surface area contributed by atoms with Crippen molar-refractivity contribution < 1.29 is 33.8 Å². The van der Waals surface area contributed by atoms with E-state index in [0.29, 0.717) is 5.69 Å². The highest BCUT2D eigenvalue weighted by Gasteiger charge is 2.43. The van der Waals surface area contributed by atoms with E-state index in [1.807, 2.05) is 0 Å². The number of carbonyl (C=O) groups is 5. The average Bonchev–Trinajstić information content (AvgIpc) is 3.41. The fourth-order valence-electron chi connectivity index (χ4n) is 4.97. The zero-order valence-electron chi connectivity index (χ0n) is 21.5. The molecular formula is C29H15N5O9. The van der Waals surface area contributed by atoms with Crippen molar-refractivity contribution in [3.8, 4) is 0 Å². The van der Waals surface area contributed by atoms with Crippen LogP contribution in [0.1, 0.15) is 51.8 Å². The van der Waals surface area contributed by atoms with Crippen LogP contribution < -0.4 is 15.1 Å². The summed E-state index contributed by atoms with van der Waals surface area (Å²) in [5.41, 5.74) is -1.02. The molecule has 4 aromatic carbocycles. The van der Waals surface area contributed by atoms with Gasteiger partial charge in [0.1, 0.15) is 11.1 Å². The van der Waals surface area contributed by atoms with Crippen molar-refractivity contribution in [2.75, 3.05) is 15.1 Å². The molecule has 0 unspecified atom stereocenters. The van der Waals surface area contributed by atoms with E-state index in [-0.39, 0.29) is 39.2 Å². The Kier molecular flexibility index (Phi) is 6.08. The van der Waals surface area contributed by atoms with Crippen molar-refractivity contribution in [2.45, 2.75) is 0 Å². The van der Waals surface area contributed by atoms with E-state index in [4.69, 9.17) is 0 Å². The van der Waals surface area contributed by atoms with Crippen LogP contribution in [0.15, 0.2) is 84.9 Å². The number of benzene rings is 4. The highest BCUT2D eigenvalue weighted by atomic mass is 16.6. The molecule has 14 heteroatoms. The predicted octanol–water partition coefficient (Wildman–Crippen LogP) is 4.36. The summed E-state index contributed by atoms with van der Waals surface area (Å²) in [5.74, 6) is -3.69. The van der Waals surface area contributed by atoms with Gasteiger partial charge in [-0.05, 0) is 60.7 Å². The number of fused-ring (bicyclic) bond motifs is 2. The largest absolute Gasteiger partial charge is 0.322 e. The molecule has 0 saturated heterocycles. The van der Waals surface area contributed by atoms with E-state index in [0.717, 1.165) is 21.9 Å². The molecule has 0 saturated carbocycles. The van der Waals surface area contributed by atoms with Gasteiger partial charge in [0.15, 0.2) is 0 Å². The summed E-state index contributed by atoms with van der Waals surface area (Å²) in [6.07, 6.45) is 0. The summed E-state index contributed by atoms with van der Waals surface area (Å²) < 4.78 is 0. The van der Waals surface area contributed by atoms with Crippen LogP contribution in [0.2, 0.25) is 0 Å². The third-order valence-electron chi connectivity index (χ3n) is 6.95. The number of nitrogens with one attached hydrogen (secondary N) is 1. The summed E-state index contributed by atoms with van der Waals surface area (Å²) in [4.78, 5) is 87.2. The number of rotatable bonds is 6. The summed E-state index contributed by atoms with van der Waals surface area (Å²) in [6.45, 7) is 0. The Morgan fingerprint density at radius 3 is 1.42 bits per heavy atom. The van der Waals surface area contributed by atoms with Crippen LogP contribution in [-0.4, -0.2) is 39.4 Å². The van der Waals surface area contributed by atoms with Crippen LogP contribution in [0.4, 0.5) is 28.4 Å². The maximum absolute atomic E-state index is 12.9. The first kappa shape index (κ1) is 26.6. The molecule has 0 bridgehead atoms. The monoisotopic (exact) mass is 577 g/mol. The predicted molar refractivity (Wildman–Crippen MR) is 149 cm³/mol. The number of anilines is 3. The molecule has 6 rings (SSSR count). The third kappa shape index (κ3) is 4.17. The number of hydrogen-bond acceptors (Lipinski definition) is 9. The molecule has 2 aliphatic rings. The van der Waals surface area contributed by atoms with Crippen molar-refractivity contribution in [2.24, 2.45) is 0 Å². The Balaban J connectivity index is 1.17. The molecule has 1 N–H and O–H groups in total. The molecule has 14 nitrogen and oxygen atoms in total. The molecule has 43 heavy (non-hydrogen) atoms. The quantitative estimate of drug-likeness (QED) is 0.197. The summed E-state index contributed by atoms with van der Waals surface area (Å²) in [5, 5.41) is 25.3.